The fourth-order valence-corrected chi connectivity index (χ4v) is 4.48. The lowest BCUT2D eigenvalue weighted by molar-refractivity contribution is 0.139. The normalized spacial score (nSPS) is 38.1. The highest BCUT2D eigenvalue weighted by molar-refractivity contribution is 4.88. The van der Waals surface area contributed by atoms with Crippen molar-refractivity contribution in [2.75, 3.05) is 6.54 Å². The zero-order valence-electron chi connectivity index (χ0n) is 13.5. The van der Waals surface area contributed by atoms with Crippen LogP contribution < -0.4 is 5.32 Å². The molecule has 19 heavy (non-hydrogen) atoms. The van der Waals surface area contributed by atoms with Crippen molar-refractivity contribution in [3.05, 3.63) is 0 Å². The lowest BCUT2D eigenvalue weighted by atomic mass is 9.70. The average molecular weight is 265 g/mol. The van der Waals surface area contributed by atoms with Crippen molar-refractivity contribution in [3.8, 4) is 0 Å². The largest absolute Gasteiger partial charge is 0.313 e. The molecule has 112 valence electrons. The average Bonchev–Trinajstić information content (AvgIpc) is 2.41. The van der Waals surface area contributed by atoms with E-state index in [-0.39, 0.29) is 0 Å². The highest BCUT2D eigenvalue weighted by atomic mass is 14.9. The molecule has 0 saturated heterocycles. The first-order valence-electron chi connectivity index (χ1n) is 8.94. The smallest absolute Gasteiger partial charge is 0.0124 e. The van der Waals surface area contributed by atoms with Crippen LogP contribution in [0.25, 0.3) is 0 Å². The molecule has 0 aromatic heterocycles. The number of nitrogens with one attached hydrogen (secondary N) is 1. The van der Waals surface area contributed by atoms with E-state index in [9.17, 15) is 0 Å². The Bertz CT molecular complexity index is 242. The van der Waals surface area contributed by atoms with Gasteiger partial charge in [-0.2, -0.15) is 0 Å². The van der Waals surface area contributed by atoms with Crippen LogP contribution in [0, 0.1) is 23.7 Å². The molecule has 0 radical (unpaired) electrons. The highest BCUT2D eigenvalue weighted by Gasteiger charge is 2.33. The second-order valence-corrected chi connectivity index (χ2v) is 7.53. The van der Waals surface area contributed by atoms with E-state index in [0.717, 1.165) is 29.7 Å². The van der Waals surface area contributed by atoms with Crippen molar-refractivity contribution in [2.24, 2.45) is 23.7 Å². The number of hydrogen-bond donors (Lipinski definition) is 1. The summed E-state index contributed by atoms with van der Waals surface area (Å²) in [5, 5.41) is 3.94. The van der Waals surface area contributed by atoms with Gasteiger partial charge < -0.3 is 5.32 Å². The molecular weight excluding hydrogens is 230 g/mol. The molecule has 0 spiro atoms. The Morgan fingerprint density at radius 3 is 2.26 bits per heavy atom. The Hall–Kier alpha value is -0.0400. The van der Waals surface area contributed by atoms with Gasteiger partial charge in [-0.3, -0.25) is 0 Å². The molecule has 2 rings (SSSR count). The van der Waals surface area contributed by atoms with Gasteiger partial charge in [0.2, 0.25) is 0 Å². The summed E-state index contributed by atoms with van der Waals surface area (Å²) in [4.78, 5) is 0. The molecule has 2 aliphatic rings. The van der Waals surface area contributed by atoms with Crippen LogP contribution in [0.3, 0.4) is 0 Å². The maximum Gasteiger partial charge on any atom is 0.0124 e. The molecule has 2 fully saturated rings. The SMILES string of the molecule is CCCNC(C1CCC(C)CC1)C1CCCC(C)C1. The molecule has 0 aromatic rings. The van der Waals surface area contributed by atoms with Gasteiger partial charge in [0.25, 0.3) is 0 Å². The minimum atomic E-state index is 0.829. The Balaban J connectivity index is 1.94. The monoisotopic (exact) mass is 265 g/mol. The maximum absolute atomic E-state index is 3.94. The van der Waals surface area contributed by atoms with Crippen molar-refractivity contribution < 1.29 is 0 Å². The number of rotatable bonds is 5. The molecule has 0 aromatic carbocycles. The van der Waals surface area contributed by atoms with Gasteiger partial charge in [-0.05, 0) is 62.3 Å². The molecule has 0 heterocycles. The van der Waals surface area contributed by atoms with Crippen LogP contribution in [0.5, 0.6) is 0 Å². The van der Waals surface area contributed by atoms with E-state index >= 15 is 0 Å². The first-order chi connectivity index (χ1) is 9.20. The fraction of sp³-hybridized carbons (Fsp3) is 1.00. The van der Waals surface area contributed by atoms with Crippen LogP contribution in [0.4, 0.5) is 0 Å². The maximum atomic E-state index is 3.94. The Morgan fingerprint density at radius 1 is 0.895 bits per heavy atom. The van der Waals surface area contributed by atoms with E-state index in [4.69, 9.17) is 0 Å². The van der Waals surface area contributed by atoms with Crippen LogP contribution in [0.2, 0.25) is 0 Å². The molecule has 3 unspecified atom stereocenters. The Kier molecular flexibility index (Phi) is 6.19. The van der Waals surface area contributed by atoms with E-state index in [1.807, 2.05) is 0 Å². The summed E-state index contributed by atoms with van der Waals surface area (Å²) in [6.45, 7) is 8.43. The first-order valence-corrected chi connectivity index (χ1v) is 8.94. The van der Waals surface area contributed by atoms with Crippen LogP contribution in [0.15, 0.2) is 0 Å². The summed E-state index contributed by atoms with van der Waals surface area (Å²) in [5.74, 6) is 3.88. The van der Waals surface area contributed by atoms with Crippen LogP contribution >= 0.6 is 0 Å². The third kappa shape index (κ3) is 4.48. The molecule has 3 atom stereocenters. The van der Waals surface area contributed by atoms with Crippen molar-refractivity contribution in [3.63, 3.8) is 0 Å². The van der Waals surface area contributed by atoms with Gasteiger partial charge in [0.1, 0.15) is 0 Å². The Labute approximate surface area is 120 Å². The van der Waals surface area contributed by atoms with Gasteiger partial charge in [0.05, 0.1) is 0 Å². The molecule has 1 heteroatoms. The molecule has 1 nitrogen and oxygen atoms in total. The fourth-order valence-electron chi connectivity index (χ4n) is 4.48. The molecule has 0 amide bonds. The summed E-state index contributed by atoms with van der Waals surface area (Å²) >= 11 is 0. The van der Waals surface area contributed by atoms with Gasteiger partial charge in [-0.25, -0.2) is 0 Å². The van der Waals surface area contributed by atoms with Crippen molar-refractivity contribution in [2.45, 2.75) is 84.6 Å². The lowest BCUT2D eigenvalue weighted by Crippen LogP contribution is -2.45. The van der Waals surface area contributed by atoms with Gasteiger partial charge in [-0.1, -0.05) is 46.5 Å². The van der Waals surface area contributed by atoms with Gasteiger partial charge in [0, 0.05) is 6.04 Å². The van der Waals surface area contributed by atoms with Crippen LogP contribution in [-0.2, 0) is 0 Å². The van der Waals surface area contributed by atoms with E-state index < -0.39 is 0 Å². The molecule has 1 N–H and O–H groups in total. The van der Waals surface area contributed by atoms with Crippen molar-refractivity contribution in [1.29, 1.82) is 0 Å². The summed E-state index contributed by atoms with van der Waals surface area (Å²) in [5.41, 5.74) is 0. The van der Waals surface area contributed by atoms with E-state index in [1.54, 1.807) is 0 Å². The molecule has 2 saturated carbocycles. The topological polar surface area (TPSA) is 12.0 Å². The van der Waals surface area contributed by atoms with Gasteiger partial charge in [0.15, 0.2) is 0 Å². The second-order valence-electron chi connectivity index (χ2n) is 7.53. The molecular formula is C18H35N. The van der Waals surface area contributed by atoms with E-state index in [1.165, 1.54) is 64.3 Å². The van der Waals surface area contributed by atoms with E-state index in [0.29, 0.717) is 0 Å². The summed E-state index contributed by atoms with van der Waals surface area (Å²) in [6.07, 6.45) is 13.1. The molecule has 0 aliphatic heterocycles. The predicted molar refractivity (Wildman–Crippen MR) is 84.3 cm³/mol. The van der Waals surface area contributed by atoms with Crippen molar-refractivity contribution in [1.82, 2.24) is 5.32 Å². The summed E-state index contributed by atoms with van der Waals surface area (Å²) in [7, 11) is 0. The highest BCUT2D eigenvalue weighted by Crippen LogP contribution is 2.38. The quantitative estimate of drug-likeness (QED) is 0.737. The zero-order chi connectivity index (χ0) is 13.7. The van der Waals surface area contributed by atoms with Crippen LogP contribution in [0.1, 0.15) is 78.6 Å². The van der Waals surface area contributed by atoms with E-state index in [2.05, 4.69) is 26.1 Å². The van der Waals surface area contributed by atoms with Crippen molar-refractivity contribution >= 4 is 0 Å². The minimum absolute atomic E-state index is 0.829. The molecule has 0 bridgehead atoms. The lowest BCUT2D eigenvalue weighted by Gasteiger charge is -2.41. The standard InChI is InChI=1S/C18H35N/c1-4-12-19-18(16-10-8-14(2)9-11-16)17-7-5-6-15(3)13-17/h14-19H,4-13H2,1-3H3. The Morgan fingerprint density at radius 2 is 1.63 bits per heavy atom. The summed E-state index contributed by atoms with van der Waals surface area (Å²) in [6, 6.07) is 0.829. The third-order valence-electron chi connectivity index (χ3n) is 5.68. The van der Waals surface area contributed by atoms with Gasteiger partial charge in [-0.15, -0.1) is 0 Å². The minimum Gasteiger partial charge on any atom is -0.313 e. The van der Waals surface area contributed by atoms with Crippen LogP contribution in [-0.4, -0.2) is 12.6 Å². The number of hydrogen-bond acceptors (Lipinski definition) is 1. The second kappa shape index (κ2) is 7.67. The predicted octanol–water partition coefficient (Wildman–Crippen LogP) is 5.01. The third-order valence-corrected chi connectivity index (χ3v) is 5.68. The van der Waals surface area contributed by atoms with Gasteiger partial charge >= 0.3 is 0 Å². The molecule has 2 aliphatic carbocycles. The summed E-state index contributed by atoms with van der Waals surface area (Å²) < 4.78 is 0. The zero-order valence-corrected chi connectivity index (χ0v) is 13.5. The first kappa shape index (κ1) is 15.4.